The summed E-state index contributed by atoms with van der Waals surface area (Å²) in [7, 11) is -3.57. The van der Waals surface area contributed by atoms with Crippen molar-refractivity contribution in [1.29, 1.82) is 0 Å². The van der Waals surface area contributed by atoms with E-state index in [2.05, 4.69) is 10.5 Å². The smallest absolute Gasteiger partial charge is 0.271 e. The highest BCUT2D eigenvalue weighted by atomic mass is 35.5. The third-order valence-corrected chi connectivity index (χ3v) is 6.35. The number of hydrazone groups is 1. The van der Waals surface area contributed by atoms with Crippen LogP contribution in [0.3, 0.4) is 0 Å². The van der Waals surface area contributed by atoms with Crippen molar-refractivity contribution >= 4 is 33.2 Å². The number of phenols is 1. The van der Waals surface area contributed by atoms with E-state index in [1.165, 1.54) is 46.8 Å². The molecule has 0 aliphatic carbocycles. The largest absolute Gasteiger partial charge is 0.507 e. The van der Waals surface area contributed by atoms with E-state index in [0.29, 0.717) is 29.4 Å². The fourth-order valence-electron chi connectivity index (χ4n) is 2.53. The van der Waals surface area contributed by atoms with Gasteiger partial charge in [-0.3, -0.25) is 4.79 Å². The summed E-state index contributed by atoms with van der Waals surface area (Å²) in [6, 6.07) is 10.3. The maximum absolute atomic E-state index is 12.4. The topological polar surface area (TPSA) is 99.1 Å². The van der Waals surface area contributed by atoms with Gasteiger partial charge in [-0.25, -0.2) is 13.8 Å². The summed E-state index contributed by atoms with van der Waals surface area (Å²) < 4.78 is 26.2. The average Bonchev–Trinajstić information content (AvgIpc) is 2.59. The number of rotatable bonds is 5. The number of hydrogen-bond donors (Lipinski definition) is 2. The Bertz CT molecular complexity index is 1020. The first kappa shape index (κ1) is 19.3. The molecule has 0 saturated carbocycles. The standard InChI is InChI=1S/C18H18ClN3O4S/c1-12(16-11-14(19)6-7-17(16)23)20-21-18(24)13-4-2-5-15(10-13)27(25,26)22-8-3-9-22/h2,4-7,10-11,23H,3,8-9H2,1H3,(H,21,24)/b20-12+. The Balaban J connectivity index is 1.78. The Morgan fingerprint density at radius 3 is 2.63 bits per heavy atom. The number of nitrogens with one attached hydrogen (secondary N) is 1. The number of sulfonamides is 1. The SMILES string of the molecule is C/C(=N\NC(=O)c1cccc(S(=O)(=O)N2CCC2)c1)c1cc(Cl)ccc1O. The van der Waals surface area contributed by atoms with E-state index in [-0.39, 0.29) is 16.2 Å². The van der Waals surface area contributed by atoms with E-state index in [4.69, 9.17) is 11.6 Å². The fourth-order valence-corrected chi connectivity index (χ4v) is 4.27. The molecule has 2 aromatic carbocycles. The van der Waals surface area contributed by atoms with Gasteiger partial charge in [0, 0.05) is 29.2 Å². The number of aromatic hydroxyl groups is 1. The van der Waals surface area contributed by atoms with Crippen molar-refractivity contribution in [3.8, 4) is 5.75 Å². The molecule has 27 heavy (non-hydrogen) atoms. The Morgan fingerprint density at radius 2 is 1.96 bits per heavy atom. The Kier molecular flexibility index (Phi) is 5.50. The highest BCUT2D eigenvalue weighted by molar-refractivity contribution is 7.89. The molecule has 9 heteroatoms. The number of phenolic OH excluding ortho intramolecular Hbond substituents is 1. The second kappa shape index (κ2) is 7.67. The number of nitrogens with zero attached hydrogens (tertiary/aromatic N) is 2. The van der Waals surface area contributed by atoms with Crippen LogP contribution in [0, 0.1) is 0 Å². The van der Waals surface area contributed by atoms with E-state index >= 15 is 0 Å². The van der Waals surface area contributed by atoms with Crippen LogP contribution in [-0.2, 0) is 10.0 Å². The molecular formula is C18H18ClN3O4S. The second-order valence-electron chi connectivity index (χ2n) is 6.09. The molecule has 0 radical (unpaired) electrons. The van der Waals surface area contributed by atoms with Crippen LogP contribution in [0.1, 0.15) is 29.3 Å². The summed E-state index contributed by atoms with van der Waals surface area (Å²) in [6.45, 7) is 2.59. The zero-order valence-electron chi connectivity index (χ0n) is 14.5. The van der Waals surface area contributed by atoms with Crippen molar-refractivity contribution in [1.82, 2.24) is 9.73 Å². The van der Waals surface area contributed by atoms with Gasteiger partial charge in [0.15, 0.2) is 0 Å². The summed E-state index contributed by atoms with van der Waals surface area (Å²) in [4.78, 5) is 12.4. The third-order valence-electron chi connectivity index (χ3n) is 4.22. The van der Waals surface area contributed by atoms with Crippen molar-refractivity contribution in [2.45, 2.75) is 18.2 Å². The number of hydrogen-bond acceptors (Lipinski definition) is 5. The molecule has 3 rings (SSSR count). The average molecular weight is 408 g/mol. The molecule has 1 aliphatic rings. The molecule has 1 aliphatic heterocycles. The Morgan fingerprint density at radius 1 is 1.22 bits per heavy atom. The van der Waals surface area contributed by atoms with E-state index < -0.39 is 15.9 Å². The van der Waals surface area contributed by atoms with Crippen LogP contribution in [-0.4, -0.2) is 42.5 Å². The minimum atomic E-state index is -3.57. The predicted octanol–water partition coefficient (Wildman–Crippen LogP) is 2.59. The lowest BCUT2D eigenvalue weighted by Crippen LogP contribution is -2.41. The minimum Gasteiger partial charge on any atom is -0.507 e. The van der Waals surface area contributed by atoms with E-state index in [1.54, 1.807) is 6.92 Å². The van der Waals surface area contributed by atoms with E-state index in [0.717, 1.165) is 6.42 Å². The van der Waals surface area contributed by atoms with Gasteiger partial charge in [-0.2, -0.15) is 9.41 Å². The zero-order chi connectivity index (χ0) is 19.6. The normalized spacial score (nSPS) is 15.3. The van der Waals surface area contributed by atoms with Crippen LogP contribution in [0.5, 0.6) is 5.75 Å². The molecule has 2 N–H and O–H groups in total. The summed E-state index contributed by atoms with van der Waals surface area (Å²) in [5, 5.41) is 14.3. The van der Waals surface area contributed by atoms with Crippen LogP contribution in [0.25, 0.3) is 0 Å². The van der Waals surface area contributed by atoms with Gasteiger partial charge in [0.1, 0.15) is 5.75 Å². The predicted molar refractivity (Wildman–Crippen MR) is 103 cm³/mol. The highest BCUT2D eigenvalue weighted by Crippen LogP contribution is 2.23. The first-order chi connectivity index (χ1) is 12.8. The molecule has 0 spiro atoms. The number of carbonyl (C=O) groups excluding carboxylic acids is 1. The van der Waals surface area contributed by atoms with Gasteiger partial charge in [0.2, 0.25) is 10.0 Å². The van der Waals surface area contributed by atoms with Crippen molar-refractivity contribution in [3.63, 3.8) is 0 Å². The summed E-state index contributed by atoms with van der Waals surface area (Å²) in [5.41, 5.74) is 3.28. The molecule has 0 aromatic heterocycles. The summed E-state index contributed by atoms with van der Waals surface area (Å²) >= 11 is 5.91. The zero-order valence-corrected chi connectivity index (χ0v) is 16.1. The maximum atomic E-state index is 12.4. The van der Waals surface area contributed by atoms with Gasteiger partial charge in [-0.15, -0.1) is 0 Å². The van der Waals surface area contributed by atoms with Gasteiger partial charge in [0.05, 0.1) is 10.6 Å². The molecular weight excluding hydrogens is 390 g/mol. The van der Waals surface area contributed by atoms with Gasteiger partial charge in [-0.05, 0) is 49.7 Å². The minimum absolute atomic E-state index is 0.0162. The van der Waals surface area contributed by atoms with Crippen molar-refractivity contribution in [3.05, 3.63) is 58.6 Å². The molecule has 1 saturated heterocycles. The molecule has 7 nitrogen and oxygen atoms in total. The highest BCUT2D eigenvalue weighted by Gasteiger charge is 2.29. The van der Waals surface area contributed by atoms with Gasteiger partial charge < -0.3 is 5.11 Å². The van der Waals surface area contributed by atoms with Crippen LogP contribution >= 0.6 is 11.6 Å². The van der Waals surface area contributed by atoms with Crippen molar-refractivity contribution in [2.24, 2.45) is 5.10 Å². The number of halogens is 1. The number of amides is 1. The van der Waals surface area contributed by atoms with Gasteiger partial charge in [-0.1, -0.05) is 17.7 Å². The summed E-state index contributed by atoms with van der Waals surface area (Å²) in [5.74, 6) is -0.575. The quantitative estimate of drug-likeness (QED) is 0.587. The fraction of sp³-hybridized carbons (Fsp3) is 0.222. The first-order valence-electron chi connectivity index (χ1n) is 8.23. The van der Waals surface area contributed by atoms with Crippen LogP contribution in [0.15, 0.2) is 52.5 Å². The second-order valence-corrected chi connectivity index (χ2v) is 8.46. The number of carbonyl (C=O) groups is 1. The molecule has 1 fully saturated rings. The lowest BCUT2D eigenvalue weighted by atomic mass is 10.1. The monoisotopic (exact) mass is 407 g/mol. The molecule has 0 bridgehead atoms. The molecule has 0 atom stereocenters. The summed E-state index contributed by atoms with van der Waals surface area (Å²) in [6.07, 6.45) is 0.837. The van der Waals surface area contributed by atoms with E-state index in [9.17, 15) is 18.3 Å². The Labute approximate surface area is 162 Å². The maximum Gasteiger partial charge on any atom is 0.271 e. The van der Waals surface area contributed by atoms with Crippen LogP contribution < -0.4 is 5.43 Å². The molecule has 142 valence electrons. The van der Waals surface area contributed by atoms with Gasteiger partial charge >= 0.3 is 0 Å². The third kappa shape index (κ3) is 4.13. The lowest BCUT2D eigenvalue weighted by Gasteiger charge is -2.29. The lowest BCUT2D eigenvalue weighted by molar-refractivity contribution is 0.0954. The van der Waals surface area contributed by atoms with Gasteiger partial charge in [0.25, 0.3) is 5.91 Å². The molecule has 2 aromatic rings. The number of benzene rings is 2. The Hall–Kier alpha value is -2.42. The molecule has 1 amide bonds. The van der Waals surface area contributed by atoms with Crippen LogP contribution in [0.4, 0.5) is 0 Å². The van der Waals surface area contributed by atoms with E-state index in [1.807, 2.05) is 0 Å². The molecule has 0 unspecified atom stereocenters. The first-order valence-corrected chi connectivity index (χ1v) is 10.0. The van der Waals surface area contributed by atoms with Crippen LogP contribution in [0.2, 0.25) is 5.02 Å². The molecule has 1 heterocycles. The van der Waals surface area contributed by atoms with Crippen molar-refractivity contribution in [2.75, 3.05) is 13.1 Å². The van der Waals surface area contributed by atoms with Crippen molar-refractivity contribution < 1.29 is 18.3 Å².